The predicted molar refractivity (Wildman–Crippen MR) is 79.2 cm³/mol. The highest BCUT2D eigenvalue weighted by Crippen LogP contribution is 2.40. The summed E-state index contributed by atoms with van der Waals surface area (Å²) in [6.45, 7) is 5.81. The molecule has 1 aromatic rings. The number of carbonyl (C=O) groups is 2. The van der Waals surface area contributed by atoms with E-state index in [4.69, 9.17) is 16.2 Å². The van der Waals surface area contributed by atoms with Crippen LogP contribution in [0.4, 0.5) is 10.7 Å². The van der Waals surface area contributed by atoms with E-state index in [1.54, 1.807) is 6.92 Å². The quantitative estimate of drug-likeness (QED) is 0.820. The second kappa shape index (κ2) is 5.70. The Morgan fingerprint density at radius 1 is 1.50 bits per heavy atom. The van der Waals surface area contributed by atoms with Gasteiger partial charge in [-0.2, -0.15) is 0 Å². The Morgan fingerprint density at radius 2 is 2.20 bits per heavy atom. The van der Waals surface area contributed by atoms with E-state index in [1.807, 2.05) is 0 Å². The first-order valence-electron chi connectivity index (χ1n) is 6.59. The van der Waals surface area contributed by atoms with Gasteiger partial charge in [0, 0.05) is 13.1 Å². The Bertz CT molecular complexity index is 541. The molecule has 0 spiro atoms. The lowest BCUT2D eigenvalue weighted by Crippen LogP contribution is -2.21. The molecule has 0 bridgehead atoms. The van der Waals surface area contributed by atoms with E-state index in [1.165, 1.54) is 11.3 Å². The smallest absolute Gasteiger partial charge is 0.343 e. The number of nitrogens with zero attached hydrogens (tertiary/aromatic N) is 1. The number of ether oxygens (including phenoxy) is 1. The van der Waals surface area contributed by atoms with Gasteiger partial charge in [-0.05, 0) is 19.3 Å². The minimum atomic E-state index is -0.614. The van der Waals surface area contributed by atoms with E-state index in [-0.39, 0.29) is 22.7 Å². The molecule has 0 aromatic carbocycles. The van der Waals surface area contributed by atoms with Crippen LogP contribution in [-0.2, 0) is 4.74 Å². The van der Waals surface area contributed by atoms with E-state index < -0.39 is 11.9 Å². The van der Waals surface area contributed by atoms with Crippen LogP contribution in [0.5, 0.6) is 0 Å². The average Bonchev–Trinajstić information content (AvgIpc) is 2.93. The largest absolute Gasteiger partial charge is 0.462 e. The molecule has 2 heterocycles. The maximum atomic E-state index is 12.1. The van der Waals surface area contributed by atoms with E-state index in [2.05, 4.69) is 11.8 Å². The zero-order valence-corrected chi connectivity index (χ0v) is 12.5. The molecule has 1 fully saturated rings. The van der Waals surface area contributed by atoms with Crippen LogP contribution in [0.25, 0.3) is 0 Å². The minimum absolute atomic E-state index is 0.135. The van der Waals surface area contributed by atoms with Crippen LogP contribution in [0.15, 0.2) is 0 Å². The molecule has 1 aliphatic rings. The fourth-order valence-electron chi connectivity index (χ4n) is 2.36. The van der Waals surface area contributed by atoms with Gasteiger partial charge >= 0.3 is 5.97 Å². The highest BCUT2D eigenvalue weighted by atomic mass is 32.1. The van der Waals surface area contributed by atoms with E-state index in [9.17, 15) is 9.59 Å². The summed E-state index contributed by atoms with van der Waals surface area (Å²) in [7, 11) is 0. The van der Waals surface area contributed by atoms with Crippen LogP contribution in [-0.4, -0.2) is 31.6 Å². The Balaban J connectivity index is 2.45. The molecule has 1 saturated heterocycles. The molecule has 110 valence electrons. The second-order valence-corrected chi connectivity index (χ2v) is 5.95. The van der Waals surface area contributed by atoms with Crippen molar-refractivity contribution in [2.45, 2.75) is 20.3 Å². The third kappa shape index (κ3) is 2.58. The van der Waals surface area contributed by atoms with Crippen molar-refractivity contribution in [1.29, 1.82) is 0 Å². The van der Waals surface area contributed by atoms with Crippen molar-refractivity contribution in [3.8, 4) is 0 Å². The standard InChI is InChI=1S/C13H19N3O3S/c1-3-19-13(18)8-9(14)10(11(15)17)20-12(8)16-5-4-7(2)6-16/h7H,3-6,14H2,1-2H3,(H2,15,17). The lowest BCUT2D eigenvalue weighted by Gasteiger charge is -2.17. The van der Waals surface area contributed by atoms with Crippen molar-refractivity contribution in [2.75, 3.05) is 30.3 Å². The van der Waals surface area contributed by atoms with Gasteiger partial charge in [0.2, 0.25) is 0 Å². The van der Waals surface area contributed by atoms with E-state index in [0.29, 0.717) is 10.9 Å². The number of hydrogen-bond donors (Lipinski definition) is 2. The molecule has 0 saturated carbocycles. The second-order valence-electron chi connectivity index (χ2n) is 4.95. The molecule has 1 atom stereocenters. The third-order valence-corrected chi connectivity index (χ3v) is 4.62. The highest BCUT2D eigenvalue weighted by molar-refractivity contribution is 7.19. The van der Waals surface area contributed by atoms with E-state index >= 15 is 0 Å². The van der Waals surface area contributed by atoms with Crippen LogP contribution in [0.1, 0.15) is 40.3 Å². The van der Waals surface area contributed by atoms with Crippen LogP contribution in [0.3, 0.4) is 0 Å². The fraction of sp³-hybridized carbons (Fsp3) is 0.538. The van der Waals surface area contributed by atoms with Gasteiger partial charge in [-0.15, -0.1) is 11.3 Å². The molecule has 20 heavy (non-hydrogen) atoms. The number of amides is 1. The summed E-state index contributed by atoms with van der Waals surface area (Å²) in [5.74, 6) is -0.565. The zero-order valence-electron chi connectivity index (χ0n) is 11.6. The van der Waals surface area contributed by atoms with Gasteiger partial charge in [0.25, 0.3) is 5.91 Å². The molecule has 1 aromatic heterocycles. The molecule has 1 aliphatic heterocycles. The molecule has 0 radical (unpaired) electrons. The molecule has 0 aliphatic carbocycles. The lowest BCUT2D eigenvalue weighted by molar-refractivity contribution is 0.0529. The summed E-state index contributed by atoms with van der Waals surface area (Å²) >= 11 is 1.17. The minimum Gasteiger partial charge on any atom is -0.462 e. The van der Waals surface area contributed by atoms with Gasteiger partial charge < -0.3 is 21.1 Å². The molecular formula is C13H19N3O3S. The summed E-state index contributed by atoms with van der Waals surface area (Å²) in [5.41, 5.74) is 11.7. The van der Waals surface area contributed by atoms with Crippen LogP contribution in [0, 0.1) is 5.92 Å². The first-order valence-corrected chi connectivity index (χ1v) is 7.41. The molecule has 2 rings (SSSR count). The normalized spacial score (nSPS) is 18.3. The summed E-state index contributed by atoms with van der Waals surface area (Å²) in [4.78, 5) is 25.8. The van der Waals surface area contributed by atoms with Crippen LogP contribution >= 0.6 is 11.3 Å². The SMILES string of the molecule is CCOC(=O)c1c(N2CCC(C)C2)sc(C(N)=O)c1N. The zero-order chi connectivity index (χ0) is 14.9. The van der Waals surface area contributed by atoms with Gasteiger partial charge in [0.05, 0.1) is 12.3 Å². The molecular weight excluding hydrogens is 278 g/mol. The first-order chi connectivity index (χ1) is 9.45. The van der Waals surface area contributed by atoms with Crippen molar-refractivity contribution >= 4 is 33.9 Å². The molecule has 6 nitrogen and oxygen atoms in total. The van der Waals surface area contributed by atoms with Crippen molar-refractivity contribution < 1.29 is 14.3 Å². The molecule has 4 N–H and O–H groups in total. The number of primary amides is 1. The highest BCUT2D eigenvalue weighted by Gasteiger charge is 2.31. The first kappa shape index (κ1) is 14.6. The number of hydrogen-bond acceptors (Lipinski definition) is 6. The number of anilines is 2. The fourth-order valence-corrected chi connectivity index (χ4v) is 3.45. The summed E-state index contributed by atoms with van der Waals surface area (Å²) in [5, 5.41) is 0.694. The van der Waals surface area contributed by atoms with Crippen LogP contribution in [0.2, 0.25) is 0 Å². The number of rotatable bonds is 4. The van der Waals surface area contributed by atoms with Crippen LogP contribution < -0.4 is 16.4 Å². The number of nitrogen functional groups attached to an aromatic ring is 1. The topological polar surface area (TPSA) is 98.6 Å². The molecule has 1 unspecified atom stereocenters. The Morgan fingerprint density at radius 3 is 2.70 bits per heavy atom. The maximum Gasteiger partial charge on any atom is 0.343 e. The van der Waals surface area contributed by atoms with Crippen molar-refractivity contribution in [1.82, 2.24) is 0 Å². The van der Waals surface area contributed by atoms with Crippen molar-refractivity contribution in [2.24, 2.45) is 11.7 Å². The summed E-state index contributed by atoms with van der Waals surface area (Å²) in [6, 6.07) is 0. The summed E-state index contributed by atoms with van der Waals surface area (Å²) in [6.07, 6.45) is 1.05. The number of thiophene rings is 1. The number of esters is 1. The van der Waals surface area contributed by atoms with Gasteiger partial charge in [-0.25, -0.2) is 4.79 Å². The van der Waals surface area contributed by atoms with Gasteiger partial charge in [-0.3, -0.25) is 4.79 Å². The van der Waals surface area contributed by atoms with E-state index in [0.717, 1.165) is 19.5 Å². The molecule has 7 heteroatoms. The predicted octanol–water partition coefficient (Wildman–Crippen LogP) is 1.45. The summed E-state index contributed by atoms with van der Waals surface area (Å²) < 4.78 is 5.04. The lowest BCUT2D eigenvalue weighted by atomic mass is 10.2. The Kier molecular flexibility index (Phi) is 4.17. The number of nitrogens with two attached hydrogens (primary N) is 2. The molecule has 1 amide bonds. The van der Waals surface area contributed by atoms with Gasteiger partial charge in [0.1, 0.15) is 15.4 Å². The third-order valence-electron chi connectivity index (χ3n) is 3.34. The average molecular weight is 297 g/mol. The monoisotopic (exact) mass is 297 g/mol. The Labute approximate surface area is 121 Å². The number of carbonyl (C=O) groups excluding carboxylic acids is 2. The van der Waals surface area contributed by atoms with Crippen molar-refractivity contribution in [3.63, 3.8) is 0 Å². The Hall–Kier alpha value is -1.76. The van der Waals surface area contributed by atoms with Crippen molar-refractivity contribution in [3.05, 3.63) is 10.4 Å². The maximum absolute atomic E-state index is 12.1. The van der Waals surface area contributed by atoms with Gasteiger partial charge in [-0.1, -0.05) is 6.92 Å². The van der Waals surface area contributed by atoms with Gasteiger partial charge in [0.15, 0.2) is 0 Å².